The molecule has 0 atom stereocenters. The second-order valence-corrected chi connectivity index (χ2v) is 3.90. The summed E-state index contributed by atoms with van der Waals surface area (Å²) in [5.41, 5.74) is 0. The average Bonchev–Trinajstić information content (AvgIpc) is 2.07. The monoisotopic (exact) mass is 400 g/mol. The molecular formula is C10H7FmO. The summed E-state index contributed by atoms with van der Waals surface area (Å²) >= 11 is 0. The van der Waals surface area contributed by atoms with Gasteiger partial charge < -0.3 is 0 Å². The summed E-state index contributed by atoms with van der Waals surface area (Å²) in [4.78, 5) is 0. The van der Waals surface area contributed by atoms with Crippen LogP contribution >= 0.6 is 0 Å². The second-order valence-electron chi connectivity index (χ2n) is 2.60. The van der Waals surface area contributed by atoms with Crippen molar-refractivity contribution in [1.82, 2.24) is 0 Å². The molecule has 2 aromatic rings. The van der Waals surface area contributed by atoms with Gasteiger partial charge in [0, 0.05) is 0 Å². The van der Waals surface area contributed by atoms with Crippen LogP contribution in [0.1, 0.15) is 0 Å². The molecule has 0 heterocycles. The first-order chi connectivity index (χ1) is 5.77. The molecule has 0 amide bonds. The van der Waals surface area contributed by atoms with Gasteiger partial charge in [-0.2, -0.15) is 0 Å². The first-order valence-corrected chi connectivity index (χ1v) is 4.80. The molecule has 12 heavy (non-hydrogen) atoms. The molecule has 65 valence electrons. The molecule has 0 aromatic heterocycles. The Labute approximate surface area is 64.9 Å². The molecule has 0 fully saturated rings. The first kappa shape index (κ1) is 6.23. The molecule has 1 N–H and O–H groups in total. The Morgan fingerprint density at radius 1 is 1.00 bits per heavy atom. The molecule has 0 unspecified atom stereocenters. The topological polar surface area (TPSA) is 20.2 Å². The van der Waals surface area contributed by atoms with Crippen molar-refractivity contribution in [2.24, 2.45) is 0 Å². The van der Waals surface area contributed by atoms with Crippen LogP contribution in [0, 0.1) is 0 Å². The first-order valence-electron chi connectivity index (χ1n) is 3.60. The molecule has 1 nitrogen and oxygen atoms in total. The molecule has 0 radical (unpaired) electrons. The van der Waals surface area contributed by atoms with Crippen molar-refractivity contribution in [1.29, 1.82) is 0 Å². The van der Waals surface area contributed by atoms with Gasteiger partial charge >= 0.3 is 64.1 Å². The van der Waals surface area contributed by atoms with Crippen molar-refractivity contribution in [2.45, 2.75) is 0 Å². The maximum absolute atomic E-state index is 9.42. The van der Waals surface area contributed by atoms with Gasteiger partial charge in [-0.3, -0.25) is 0 Å². The van der Waals surface area contributed by atoms with E-state index in [9.17, 15) is 5.11 Å². The van der Waals surface area contributed by atoms with Gasteiger partial charge in [-0.1, -0.05) is 0 Å². The Bertz CT molecular complexity index is 383. The van der Waals surface area contributed by atoms with Crippen molar-refractivity contribution in [3.8, 4) is 5.75 Å². The van der Waals surface area contributed by atoms with Crippen LogP contribution in [0.15, 0.2) is 36.4 Å². The Balaban J connectivity index is 2.84. The van der Waals surface area contributed by atoms with E-state index in [1.807, 2.05) is 30.3 Å². The van der Waals surface area contributed by atoms with Crippen LogP contribution in [0.4, 0.5) is 0 Å². The molecule has 0 saturated heterocycles. The van der Waals surface area contributed by atoms with Gasteiger partial charge in [0.2, 0.25) is 0 Å². The Morgan fingerprint density at radius 2 is 1.58 bits per heavy atom. The summed E-state index contributed by atoms with van der Waals surface area (Å²) in [5, 5.41) is 11.7. The molecule has 2 heteroatoms. The fraction of sp³-hybridized carbons (Fsp3) is 0. The number of hydrogen-bond donors (Lipinski definition) is 1. The number of benzene rings is 2. The van der Waals surface area contributed by atoms with Gasteiger partial charge in [0.25, 0.3) is 0 Å². The quantitative estimate of drug-likeness (QED) is 0.715. The summed E-state index contributed by atoms with van der Waals surface area (Å²) < 4.78 is 1.87. The fourth-order valence-electron chi connectivity index (χ4n) is 1.18. The summed E-state index contributed by atoms with van der Waals surface area (Å²) in [6, 6.07) is 12.7. The molecule has 0 saturated carbocycles. The van der Waals surface area contributed by atoms with Crippen LogP contribution in [-0.4, -0.2) is 5.11 Å². The Hall–Kier alpha value is -2.50. The summed E-state index contributed by atoms with van der Waals surface area (Å²) in [6.07, 6.45) is 0. The van der Waals surface area contributed by atoms with E-state index in [4.69, 9.17) is 0 Å². The number of aromatic hydroxyl groups is 1. The fourth-order valence-corrected chi connectivity index (χ4v) is 1.73. The predicted molar refractivity (Wildman–Crippen MR) is 45.2 cm³/mol. The number of rotatable bonds is 0. The Morgan fingerprint density at radius 3 is 2.25 bits per heavy atom. The maximum atomic E-state index is 9.42. The van der Waals surface area contributed by atoms with Crippen LogP contribution in [0.25, 0.3) is 10.8 Å². The van der Waals surface area contributed by atoms with Gasteiger partial charge in [-0.05, 0) is 0 Å². The molecule has 2 aromatic carbocycles. The Kier molecular flexibility index (Phi) is 1.03. The van der Waals surface area contributed by atoms with Crippen LogP contribution < -0.4 is 6.07 Å². The minimum absolute atomic E-state index is 0.371. The van der Waals surface area contributed by atoms with Crippen molar-refractivity contribution >= 4 is 16.8 Å². The summed E-state index contributed by atoms with van der Waals surface area (Å²) in [7, 11) is 0. The zero-order valence-electron chi connectivity index (χ0n) is 6.20. The third kappa shape index (κ3) is 0.754. The normalized spacial score (nSPS) is 10.5. The number of fused-ring (bicyclic) bond motifs is 1. The van der Waals surface area contributed by atoms with E-state index in [2.05, 4.69) is 0 Å². The molecule has 0 bridgehead atoms. The van der Waals surface area contributed by atoms with Crippen LogP contribution in [0.2, 0.25) is 0 Å². The number of phenols is 1. The van der Waals surface area contributed by atoms with E-state index in [-0.39, 0.29) is 0 Å². The van der Waals surface area contributed by atoms with Crippen molar-refractivity contribution in [3.05, 3.63) is 36.4 Å². The zero-order valence-corrected chi connectivity index (χ0v) is 8.60. The van der Waals surface area contributed by atoms with Gasteiger partial charge in [0.05, 0.1) is 0 Å². The van der Waals surface area contributed by atoms with Gasteiger partial charge in [0.1, 0.15) is 0 Å². The number of phenolic OH excluding ortho intramolecular Hbond substituents is 1. The standard InChI is InChI=1S/C10H7O.Fm/c11-10-6-5-8-3-1-2-4-9(8)7-10;/h1-5,7,11H;. The molecule has 0 aliphatic carbocycles. The molecule has 0 spiro atoms. The van der Waals surface area contributed by atoms with Crippen molar-refractivity contribution in [3.63, 3.8) is 0 Å². The average molecular weight is 400 g/mol. The van der Waals surface area contributed by atoms with Crippen molar-refractivity contribution in [2.75, 3.05) is 0 Å². The predicted octanol–water partition coefficient (Wildman–Crippen LogP) is 1.72. The molecule has 0 aliphatic rings. The third-order valence-electron chi connectivity index (χ3n) is 1.78. The number of hydrogen-bond acceptors (Lipinski definition) is 1. The zero-order chi connectivity index (χ0) is 8.55. The van der Waals surface area contributed by atoms with Crippen LogP contribution in [0.3, 0.4) is 0 Å². The SMILES string of the molecule is Oc1cc2ccccc2c[c]1[Fm]. The molecule has 0 aliphatic heterocycles. The van der Waals surface area contributed by atoms with E-state index < -0.39 is 0 Å². The van der Waals surface area contributed by atoms with Gasteiger partial charge in [-0.15, -0.1) is 0 Å². The van der Waals surface area contributed by atoms with E-state index in [0.717, 1.165) is 11.5 Å². The van der Waals surface area contributed by atoms with Crippen molar-refractivity contribution < 1.29 is 5.11 Å². The summed E-state index contributed by atoms with van der Waals surface area (Å²) in [6.45, 7) is 0. The molecular weight excluding hydrogens is 393 g/mol. The van der Waals surface area contributed by atoms with E-state index in [1.54, 1.807) is 6.07 Å². The van der Waals surface area contributed by atoms with E-state index in [1.165, 1.54) is 5.39 Å². The van der Waals surface area contributed by atoms with Gasteiger partial charge in [-0.25, -0.2) is 0 Å². The minimum atomic E-state index is 0.371. The summed E-state index contributed by atoms with van der Waals surface area (Å²) in [5.74, 6) is 0.371. The van der Waals surface area contributed by atoms with Crippen LogP contribution in [-0.2, 0) is 0 Å². The van der Waals surface area contributed by atoms with E-state index >= 15 is 0 Å². The second kappa shape index (κ2) is 1.99. The van der Waals surface area contributed by atoms with Gasteiger partial charge in [0.15, 0.2) is 0 Å². The third-order valence-corrected chi connectivity index (χ3v) is 2.74. The van der Waals surface area contributed by atoms with Crippen LogP contribution in [0.5, 0.6) is 5.75 Å². The molecule has 2 rings (SSSR count). The van der Waals surface area contributed by atoms with E-state index in [0.29, 0.717) is 5.75 Å².